The highest BCUT2D eigenvalue weighted by Gasteiger charge is 2.24. The first-order valence-electron chi connectivity index (χ1n) is 8.65. The molecule has 0 aliphatic carbocycles. The van der Waals surface area contributed by atoms with E-state index in [1.165, 1.54) is 24.4 Å². The SMILES string of the molecule is CCC(OC(=O)c1cnc2ccccc2n1)C(=O)Nc1cc(C(=O)O)ccc1Cl. The Bertz CT molecular complexity index is 1100. The highest BCUT2D eigenvalue weighted by molar-refractivity contribution is 6.34. The zero-order valence-corrected chi connectivity index (χ0v) is 16.0. The third-order valence-electron chi connectivity index (χ3n) is 4.04. The molecule has 0 spiro atoms. The molecule has 9 heteroatoms. The molecule has 0 aliphatic heterocycles. The lowest BCUT2D eigenvalue weighted by molar-refractivity contribution is -0.124. The number of esters is 1. The summed E-state index contributed by atoms with van der Waals surface area (Å²) in [6.45, 7) is 1.67. The quantitative estimate of drug-likeness (QED) is 0.593. The molecule has 3 aromatic rings. The number of nitrogens with one attached hydrogen (secondary N) is 1. The van der Waals surface area contributed by atoms with E-state index in [-0.39, 0.29) is 28.4 Å². The largest absolute Gasteiger partial charge is 0.478 e. The molecule has 8 nitrogen and oxygen atoms in total. The number of fused-ring (bicyclic) bond motifs is 1. The monoisotopic (exact) mass is 413 g/mol. The van der Waals surface area contributed by atoms with Crippen LogP contribution in [0.1, 0.15) is 34.2 Å². The van der Waals surface area contributed by atoms with E-state index in [1.807, 2.05) is 0 Å². The first-order chi connectivity index (χ1) is 13.9. The van der Waals surface area contributed by atoms with Crippen molar-refractivity contribution in [2.45, 2.75) is 19.4 Å². The number of hydrogen-bond donors (Lipinski definition) is 2. The first-order valence-corrected chi connectivity index (χ1v) is 9.03. The molecule has 1 unspecified atom stereocenters. The number of nitrogens with zero attached hydrogens (tertiary/aromatic N) is 2. The Morgan fingerprint density at radius 3 is 2.59 bits per heavy atom. The molecule has 3 rings (SSSR count). The van der Waals surface area contributed by atoms with Gasteiger partial charge in [0.2, 0.25) is 0 Å². The number of para-hydroxylation sites is 2. The minimum absolute atomic E-state index is 0.0270. The average Bonchev–Trinajstić information content (AvgIpc) is 2.72. The van der Waals surface area contributed by atoms with Gasteiger partial charge in [-0.15, -0.1) is 0 Å². The molecule has 2 N–H and O–H groups in total. The van der Waals surface area contributed by atoms with Crippen molar-refractivity contribution in [3.63, 3.8) is 0 Å². The number of hydrogen-bond acceptors (Lipinski definition) is 6. The third kappa shape index (κ3) is 4.67. The molecule has 1 atom stereocenters. The van der Waals surface area contributed by atoms with Crippen LogP contribution >= 0.6 is 11.6 Å². The minimum atomic E-state index is -1.16. The molecule has 0 saturated heterocycles. The second-order valence-corrected chi connectivity index (χ2v) is 6.44. The van der Waals surface area contributed by atoms with Gasteiger partial charge in [-0.25, -0.2) is 14.6 Å². The number of anilines is 1. The number of carbonyl (C=O) groups is 3. The van der Waals surface area contributed by atoms with Crippen LogP contribution in [0.5, 0.6) is 0 Å². The van der Waals surface area contributed by atoms with Gasteiger partial charge in [-0.1, -0.05) is 30.7 Å². The Morgan fingerprint density at radius 2 is 1.90 bits per heavy atom. The molecule has 1 amide bonds. The molecule has 0 fully saturated rings. The van der Waals surface area contributed by atoms with Gasteiger partial charge in [-0.05, 0) is 36.8 Å². The predicted octanol–water partition coefficient (Wildman–Crippen LogP) is 3.56. The number of aromatic carboxylic acids is 1. The number of carbonyl (C=O) groups excluding carboxylic acids is 2. The summed E-state index contributed by atoms with van der Waals surface area (Å²) in [5, 5.41) is 11.7. The highest BCUT2D eigenvalue weighted by Crippen LogP contribution is 2.24. The van der Waals surface area contributed by atoms with Crippen LogP contribution < -0.4 is 5.32 Å². The molecule has 0 bridgehead atoms. The maximum Gasteiger partial charge on any atom is 0.359 e. The van der Waals surface area contributed by atoms with Gasteiger partial charge in [0.25, 0.3) is 5.91 Å². The number of amides is 1. The van der Waals surface area contributed by atoms with Crippen LogP contribution in [0, 0.1) is 0 Å². The van der Waals surface area contributed by atoms with Gasteiger partial charge in [-0.2, -0.15) is 0 Å². The number of aromatic nitrogens is 2. The Balaban J connectivity index is 1.75. The predicted molar refractivity (Wildman–Crippen MR) is 106 cm³/mol. The van der Waals surface area contributed by atoms with Gasteiger partial charge >= 0.3 is 11.9 Å². The van der Waals surface area contributed by atoms with Crippen molar-refractivity contribution in [3.8, 4) is 0 Å². The number of carboxylic acids is 1. The van der Waals surface area contributed by atoms with E-state index in [1.54, 1.807) is 31.2 Å². The standard InChI is InChI=1S/C20H16ClN3O5/c1-2-17(18(25)24-15-9-11(19(26)27)7-8-12(15)21)29-20(28)16-10-22-13-5-3-4-6-14(13)23-16/h3-10,17H,2H2,1H3,(H,24,25)(H,26,27). The van der Waals surface area contributed by atoms with Crippen LogP contribution in [0.4, 0.5) is 5.69 Å². The van der Waals surface area contributed by atoms with Crippen molar-refractivity contribution in [1.82, 2.24) is 9.97 Å². The highest BCUT2D eigenvalue weighted by atomic mass is 35.5. The number of rotatable bonds is 6. The summed E-state index contributed by atoms with van der Waals surface area (Å²) in [6.07, 6.45) is 0.345. The lowest BCUT2D eigenvalue weighted by Crippen LogP contribution is -2.32. The van der Waals surface area contributed by atoms with E-state index in [9.17, 15) is 14.4 Å². The molecule has 1 aromatic heterocycles. The molecule has 2 aromatic carbocycles. The van der Waals surface area contributed by atoms with E-state index in [0.717, 1.165) is 0 Å². The van der Waals surface area contributed by atoms with Gasteiger partial charge in [-0.3, -0.25) is 9.78 Å². The molecule has 0 aliphatic rings. The molecule has 1 heterocycles. The van der Waals surface area contributed by atoms with Gasteiger partial charge in [0, 0.05) is 0 Å². The zero-order chi connectivity index (χ0) is 21.0. The summed E-state index contributed by atoms with van der Waals surface area (Å²) in [6, 6.07) is 10.9. The summed E-state index contributed by atoms with van der Waals surface area (Å²) in [5.74, 6) is -2.60. The lowest BCUT2D eigenvalue weighted by Gasteiger charge is -2.16. The number of halogens is 1. The van der Waals surface area contributed by atoms with E-state index >= 15 is 0 Å². The molecule has 29 heavy (non-hydrogen) atoms. The second kappa shape index (κ2) is 8.66. The van der Waals surface area contributed by atoms with Crippen molar-refractivity contribution in [1.29, 1.82) is 0 Å². The normalized spacial score (nSPS) is 11.7. The van der Waals surface area contributed by atoms with E-state index in [4.69, 9.17) is 21.4 Å². The molecule has 0 radical (unpaired) electrons. The summed E-state index contributed by atoms with van der Waals surface area (Å²) in [4.78, 5) is 44.4. The average molecular weight is 414 g/mol. The van der Waals surface area contributed by atoms with Crippen molar-refractivity contribution in [3.05, 3.63) is 64.9 Å². The van der Waals surface area contributed by atoms with Crippen LogP contribution in [0.25, 0.3) is 11.0 Å². The number of benzene rings is 2. The van der Waals surface area contributed by atoms with Crippen molar-refractivity contribution in [2.75, 3.05) is 5.32 Å². The molecule has 0 saturated carbocycles. The summed E-state index contributed by atoms with van der Waals surface area (Å²) < 4.78 is 5.27. The Morgan fingerprint density at radius 1 is 1.17 bits per heavy atom. The first kappa shape index (κ1) is 20.2. The van der Waals surface area contributed by atoms with Gasteiger partial charge in [0.15, 0.2) is 11.8 Å². The molecular weight excluding hydrogens is 398 g/mol. The van der Waals surface area contributed by atoms with Crippen molar-refractivity contribution in [2.24, 2.45) is 0 Å². The minimum Gasteiger partial charge on any atom is -0.478 e. The lowest BCUT2D eigenvalue weighted by atomic mass is 10.2. The topological polar surface area (TPSA) is 118 Å². The second-order valence-electron chi connectivity index (χ2n) is 6.04. The van der Waals surface area contributed by atoms with Crippen LogP contribution in [-0.4, -0.2) is 39.0 Å². The summed E-state index contributed by atoms with van der Waals surface area (Å²) >= 11 is 6.02. The molecular formula is C20H16ClN3O5. The maximum atomic E-state index is 12.5. The van der Waals surface area contributed by atoms with Crippen molar-refractivity contribution >= 4 is 46.2 Å². The van der Waals surface area contributed by atoms with E-state index in [2.05, 4.69) is 15.3 Å². The summed E-state index contributed by atoms with van der Waals surface area (Å²) in [5.41, 5.74) is 1.19. The van der Waals surface area contributed by atoms with E-state index in [0.29, 0.717) is 11.0 Å². The van der Waals surface area contributed by atoms with Gasteiger partial charge in [0.1, 0.15) is 0 Å². The zero-order valence-electron chi connectivity index (χ0n) is 15.3. The fourth-order valence-corrected chi connectivity index (χ4v) is 2.70. The number of carboxylic acid groups (broad SMARTS) is 1. The number of ether oxygens (including phenoxy) is 1. The summed E-state index contributed by atoms with van der Waals surface area (Å²) in [7, 11) is 0. The molecule has 148 valence electrons. The van der Waals surface area contributed by atoms with E-state index < -0.39 is 23.9 Å². The fraction of sp³-hybridized carbons (Fsp3) is 0.150. The van der Waals surface area contributed by atoms with Crippen LogP contribution in [0.3, 0.4) is 0 Å². The Kier molecular flexibility index (Phi) is 6.04. The van der Waals surface area contributed by atoms with Gasteiger partial charge < -0.3 is 15.2 Å². The Labute approximate surface area is 170 Å². The third-order valence-corrected chi connectivity index (χ3v) is 4.37. The maximum absolute atomic E-state index is 12.5. The smallest absolute Gasteiger partial charge is 0.359 e. The van der Waals surface area contributed by atoms with Crippen LogP contribution in [0.2, 0.25) is 5.02 Å². The van der Waals surface area contributed by atoms with Crippen LogP contribution in [-0.2, 0) is 9.53 Å². The fourth-order valence-electron chi connectivity index (χ4n) is 2.53. The van der Waals surface area contributed by atoms with Crippen LogP contribution in [0.15, 0.2) is 48.7 Å². The van der Waals surface area contributed by atoms with Crippen molar-refractivity contribution < 1.29 is 24.2 Å². The Hall–Kier alpha value is -3.52. The van der Waals surface area contributed by atoms with Gasteiger partial charge in [0.05, 0.1) is 33.5 Å².